The number of anilines is 1. The average molecular weight is 251 g/mol. The molecule has 0 aliphatic rings. The van der Waals surface area contributed by atoms with Gasteiger partial charge in [-0.25, -0.2) is 9.78 Å². The van der Waals surface area contributed by atoms with Gasteiger partial charge < -0.3 is 15.4 Å². The van der Waals surface area contributed by atoms with Gasteiger partial charge in [-0.05, 0) is 39.3 Å². The predicted octanol–water partition coefficient (Wildman–Crippen LogP) is 2.46. The minimum Gasteiger partial charge on any atom is -0.444 e. The smallest absolute Gasteiger partial charge is 0.407 e. The number of hydrogen-bond donors (Lipinski definition) is 2. The SMILES string of the molecule is CNc1ccc(CNC(=O)OC(C)(C)C)c(C)n1. The number of nitrogens with zero attached hydrogens (tertiary/aromatic N) is 1. The Morgan fingerprint density at radius 2 is 2.06 bits per heavy atom. The summed E-state index contributed by atoms with van der Waals surface area (Å²) in [4.78, 5) is 15.8. The minimum atomic E-state index is -0.479. The van der Waals surface area contributed by atoms with Crippen molar-refractivity contribution in [3.8, 4) is 0 Å². The Hall–Kier alpha value is -1.78. The van der Waals surface area contributed by atoms with Crippen molar-refractivity contribution >= 4 is 11.9 Å². The van der Waals surface area contributed by atoms with Crippen LogP contribution in [0.2, 0.25) is 0 Å². The lowest BCUT2D eigenvalue weighted by molar-refractivity contribution is 0.0523. The molecule has 0 spiro atoms. The van der Waals surface area contributed by atoms with Gasteiger partial charge in [0.2, 0.25) is 0 Å². The lowest BCUT2D eigenvalue weighted by atomic mass is 10.2. The summed E-state index contributed by atoms with van der Waals surface area (Å²) in [6.45, 7) is 7.83. The summed E-state index contributed by atoms with van der Waals surface area (Å²) in [5.74, 6) is 0.813. The van der Waals surface area contributed by atoms with E-state index in [4.69, 9.17) is 4.74 Å². The van der Waals surface area contributed by atoms with Crippen LogP contribution in [-0.2, 0) is 11.3 Å². The molecule has 0 bridgehead atoms. The van der Waals surface area contributed by atoms with Crippen LogP contribution < -0.4 is 10.6 Å². The highest BCUT2D eigenvalue weighted by molar-refractivity contribution is 5.67. The van der Waals surface area contributed by atoms with Crippen LogP contribution in [0, 0.1) is 6.92 Å². The molecule has 0 aliphatic carbocycles. The third kappa shape index (κ3) is 4.61. The van der Waals surface area contributed by atoms with Crippen molar-refractivity contribution in [3.05, 3.63) is 23.4 Å². The largest absolute Gasteiger partial charge is 0.444 e. The van der Waals surface area contributed by atoms with Crippen molar-refractivity contribution in [1.29, 1.82) is 0 Å². The molecule has 0 radical (unpaired) electrons. The van der Waals surface area contributed by atoms with E-state index in [1.54, 1.807) is 0 Å². The molecule has 1 rings (SSSR count). The molecule has 0 saturated carbocycles. The molecule has 100 valence electrons. The van der Waals surface area contributed by atoms with Gasteiger partial charge in [0.25, 0.3) is 0 Å². The molecule has 0 aromatic carbocycles. The van der Waals surface area contributed by atoms with E-state index in [2.05, 4.69) is 15.6 Å². The fraction of sp³-hybridized carbons (Fsp3) is 0.538. The number of aryl methyl sites for hydroxylation is 1. The lowest BCUT2D eigenvalue weighted by Gasteiger charge is -2.19. The van der Waals surface area contributed by atoms with E-state index < -0.39 is 11.7 Å². The molecular formula is C13H21N3O2. The van der Waals surface area contributed by atoms with E-state index in [9.17, 15) is 4.79 Å². The summed E-state index contributed by atoms with van der Waals surface area (Å²) in [7, 11) is 1.82. The average Bonchev–Trinajstić information content (AvgIpc) is 2.25. The van der Waals surface area contributed by atoms with E-state index >= 15 is 0 Å². The molecule has 0 fully saturated rings. The maximum Gasteiger partial charge on any atom is 0.407 e. The molecule has 1 aromatic heterocycles. The fourth-order valence-corrected chi connectivity index (χ4v) is 1.40. The monoisotopic (exact) mass is 251 g/mol. The van der Waals surface area contributed by atoms with E-state index in [1.165, 1.54) is 0 Å². The Morgan fingerprint density at radius 1 is 1.39 bits per heavy atom. The number of carbonyl (C=O) groups is 1. The van der Waals surface area contributed by atoms with Gasteiger partial charge in [0.05, 0.1) is 0 Å². The molecule has 0 saturated heterocycles. The number of alkyl carbamates (subject to hydrolysis) is 1. The minimum absolute atomic E-state index is 0.414. The van der Waals surface area contributed by atoms with Gasteiger partial charge in [-0.2, -0.15) is 0 Å². The van der Waals surface area contributed by atoms with Crippen LogP contribution in [0.25, 0.3) is 0 Å². The van der Waals surface area contributed by atoms with Crippen LogP contribution in [0.15, 0.2) is 12.1 Å². The van der Waals surface area contributed by atoms with E-state index in [-0.39, 0.29) is 0 Å². The first-order valence-corrected chi connectivity index (χ1v) is 5.93. The summed E-state index contributed by atoms with van der Waals surface area (Å²) in [5, 5.41) is 5.68. The molecular weight excluding hydrogens is 230 g/mol. The van der Waals surface area contributed by atoms with Crippen LogP contribution >= 0.6 is 0 Å². The van der Waals surface area contributed by atoms with Gasteiger partial charge in [0.15, 0.2) is 0 Å². The zero-order valence-electron chi connectivity index (χ0n) is 11.6. The zero-order chi connectivity index (χ0) is 13.8. The number of hydrogen-bond acceptors (Lipinski definition) is 4. The van der Waals surface area contributed by atoms with Crippen molar-refractivity contribution < 1.29 is 9.53 Å². The number of nitrogens with one attached hydrogen (secondary N) is 2. The number of ether oxygens (including phenoxy) is 1. The third-order valence-corrected chi connectivity index (χ3v) is 2.27. The van der Waals surface area contributed by atoms with Crippen molar-refractivity contribution in [1.82, 2.24) is 10.3 Å². The first-order chi connectivity index (χ1) is 8.31. The second-order valence-corrected chi connectivity index (χ2v) is 5.05. The molecule has 5 nitrogen and oxygen atoms in total. The highest BCUT2D eigenvalue weighted by atomic mass is 16.6. The van der Waals surface area contributed by atoms with E-state index in [1.807, 2.05) is 46.9 Å². The van der Waals surface area contributed by atoms with Gasteiger partial charge in [0, 0.05) is 19.3 Å². The summed E-state index contributed by atoms with van der Waals surface area (Å²) >= 11 is 0. The number of carbonyl (C=O) groups excluding carboxylic acids is 1. The summed E-state index contributed by atoms with van der Waals surface area (Å²) in [6.07, 6.45) is -0.417. The normalized spacial score (nSPS) is 10.9. The maximum atomic E-state index is 11.5. The van der Waals surface area contributed by atoms with Crippen molar-refractivity contribution in [3.63, 3.8) is 0 Å². The number of pyridine rings is 1. The van der Waals surface area contributed by atoms with E-state index in [0.717, 1.165) is 17.1 Å². The molecule has 1 amide bonds. The van der Waals surface area contributed by atoms with Crippen LogP contribution in [-0.4, -0.2) is 23.7 Å². The predicted molar refractivity (Wildman–Crippen MR) is 71.6 cm³/mol. The highest BCUT2D eigenvalue weighted by Gasteiger charge is 2.15. The van der Waals surface area contributed by atoms with Crippen LogP contribution in [0.3, 0.4) is 0 Å². The van der Waals surface area contributed by atoms with Gasteiger partial charge in [-0.1, -0.05) is 6.07 Å². The number of aromatic nitrogens is 1. The molecule has 0 unspecified atom stereocenters. The second-order valence-electron chi connectivity index (χ2n) is 5.05. The van der Waals surface area contributed by atoms with Crippen molar-refractivity contribution in [2.75, 3.05) is 12.4 Å². The topological polar surface area (TPSA) is 63.2 Å². The van der Waals surface area contributed by atoms with Gasteiger partial charge >= 0.3 is 6.09 Å². The van der Waals surface area contributed by atoms with Crippen LogP contribution in [0.5, 0.6) is 0 Å². The molecule has 18 heavy (non-hydrogen) atoms. The molecule has 2 N–H and O–H groups in total. The van der Waals surface area contributed by atoms with Crippen molar-refractivity contribution in [2.45, 2.75) is 39.8 Å². The number of amides is 1. The Balaban J connectivity index is 2.56. The highest BCUT2D eigenvalue weighted by Crippen LogP contribution is 2.11. The van der Waals surface area contributed by atoms with Gasteiger partial charge in [0.1, 0.15) is 11.4 Å². The lowest BCUT2D eigenvalue weighted by Crippen LogP contribution is -2.32. The fourth-order valence-electron chi connectivity index (χ4n) is 1.40. The Bertz CT molecular complexity index is 425. The van der Waals surface area contributed by atoms with Crippen LogP contribution in [0.1, 0.15) is 32.0 Å². The first kappa shape index (κ1) is 14.3. The maximum absolute atomic E-state index is 11.5. The van der Waals surface area contributed by atoms with E-state index in [0.29, 0.717) is 6.54 Å². The molecule has 1 aromatic rings. The Kier molecular flexibility index (Phi) is 4.53. The second kappa shape index (κ2) is 5.71. The Morgan fingerprint density at radius 3 is 2.56 bits per heavy atom. The van der Waals surface area contributed by atoms with Crippen LogP contribution in [0.4, 0.5) is 10.6 Å². The summed E-state index contributed by atoms with van der Waals surface area (Å²) in [5.41, 5.74) is 1.38. The molecule has 5 heteroatoms. The quantitative estimate of drug-likeness (QED) is 0.866. The summed E-state index contributed by atoms with van der Waals surface area (Å²) < 4.78 is 5.16. The summed E-state index contributed by atoms with van der Waals surface area (Å²) in [6, 6.07) is 3.81. The molecule has 0 atom stereocenters. The Labute approximate surface area is 108 Å². The number of rotatable bonds is 3. The van der Waals surface area contributed by atoms with Gasteiger partial charge in [-0.15, -0.1) is 0 Å². The first-order valence-electron chi connectivity index (χ1n) is 5.93. The standard InChI is InChI=1S/C13H21N3O2/c1-9-10(6-7-11(14-5)16-9)8-15-12(17)18-13(2,3)4/h6-7H,8H2,1-5H3,(H,14,16)(H,15,17). The zero-order valence-corrected chi connectivity index (χ0v) is 11.6. The van der Waals surface area contributed by atoms with Gasteiger partial charge in [-0.3, -0.25) is 0 Å². The molecule has 0 aliphatic heterocycles. The molecule has 1 heterocycles. The third-order valence-electron chi connectivity index (χ3n) is 2.27. The van der Waals surface area contributed by atoms with Crippen molar-refractivity contribution in [2.24, 2.45) is 0 Å².